The monoisotopic (exact) mass is 279 g/mol. The second-order valence-electron chi connectivity index (χ2n) is 4.41. The molecule has 0 aromatic heterocycles. The number of hydrogen-bond acceptors (Lipinski definition) is 4. The average molecular weight is 280 g/mol. The molecule has 108 valence electrons. The highest BCUT2D eigenvalue weighted by molar-refractivity contribution is 5.85. The van der Waals surface area contributed by atoms with Crippen molar-refractivity contribution in [1.82, 2.24) is 15.5 Å². The number of nitrogens with zero attached hydrogens (tertiary/aromatic N) is 1. The Bertz CT molecular complexity index is 229. The van der Waals surface area contributed by atoms with E-state index in [4.69, 9.17) is 4.74 Å². The van der Waals surface area contributed by atoms with Crippen LogP contribution < -0.4 is 10.6 Å². The molecule has 0 bridgehead atoms. The van der Waals surface area contributed by atoms with Crippen LogP contribution in [0, 0.1) is 0 Å². The summed E-state index contributed by atoms with van der Waals surface area (Å²) in [6, 6.07) is 0.528. The molecule has 1 amide bonds. The van der Waals surface area contributed by atoms with E-state index in [9.17, 15) is 4.79 Å². The molecule has 1 saturated heterocycles. The van der Waals surface area contributed by atoms with Crippen LogP contribution in [0.5, 0.6) is 0 Å². The molecule has 2 N–H and O–H groups in total. The van der Waals surface area contributed by atoms with Gasteiger partial charge in [0.2, 0.25) is 5.91 Å². The van der Waals surface area contributed by atoms with Crippen LogP contribution in [-0.4, -0.2) is 63.3 Å². The van der Waals surface area contributed by atoms with E-state index in [1.807, 2.05) is 14.0 Å². The van der Waals surface area contributed by atoms with Crippen molar-refractivity contribution >= 4 is 18.3 Å². The Labute approximate surface area is 116 Å². The zero-order valence-corrected chi connectivity index (χ0v) is 12.2. The quantitative estimate of drug-likeness (QED) is 0.656. The first-order valence-electron chi connectivity index (χ1n) is 6.50. The summed E-state index contributed by atoms with van der Waals surface area (Å²) in [5, 5.41) is 6.15. The van der Waals surface area contributed by atoms with Crippen LogP contribution in [0.1, 0.15) is 19.8 Å². The number of carbonyl (C=O) groups is 1. The lowest BCUT2D eigenvalue weighted by molar-refractivity contribution is -0.122. The van der Waals surface area contributed by atoms with Crippen LogP contribution in [0.4, 0.5) is 0 Å². The van der Waals surface area contributed by atoms with Gasteiger partial charge in [0.25, 0.3) is 0 Å². The lowest BCUT2D eigenvalue weighted by Crippen LogP contribution is -2.48. The van der Waals surface area contributed by atoms with Gasteiger partial charge in [-0.1, -0.05) is 0 Å². The van der Waals surface area contributed by atoms with Crippen molar-refractivity contribution in [2.24, 2.45) is 0 Å². The number of rotatable bonds is 7. The first-order valence-corrected chi connectivity index (χ1v) is 6.50. The van der Waals surface area contributed by atoms with Crippen LogP contribution in [0.25, 0.3) is 0 Å². The number of halogens is 1. The zero-order valence-electron chi connectivity index (χ0n) is 11.4. The fourth-order valence-corrected chi connectivity index (χ4v) is 2.10. The number of nitrogens with one attached hydrogen (secondary N) is 2. The first-order chi connectivity index (χ1) is 8.26. The minimum atomic E-state index is 0. The van der Waals surface area contributed by atoms with Gasteiger partial charge in [0.05, 0.1) is 13.2 Å². The zero-order chi connectivity index (χ0) is 12.5. The number of amides is 1. The maximum Gasteiger partial charge on any atom is 0.234 e. The molecule has 1 aliphatic rings. The molecule has 1 aliphatic heterocycles. The molecule has 0 aromatic rings. The van der Waals surface area contributed by atoms with Crippen molar-refractivity contribution in [3.63, 3.8) is 0 Å². The summed E-state index contributed by atoms with van der Waals surface area (Å²) in [7, 11) is 1.98. The van der Waals surface area contributed by atoms with Crippen molar-refractivity contribution in [3.8, 4) is 0 Å². The third-order valence-corrected chi connectivity index (χ3v) is 3.05. The minimum absolute atomic E-state index is 0. The standard InChI is InChI=1S/C12H25N3O2.ClH/c1-3-17-8-6-14-12(16)10-15-7-4-5-11(9-15)13-2;/h11,13H,3-10H2,1-2H3,(H,14,16);1H. The summed E-state index contributed by atoms with van der Waals surface area (Å²) in [4.78, 5) is 13.8. The fraction of sp³-hybridized carbons (Fsp3) is 0.917. The van der Waals surface area contributed by atoms with E-state index in [1.54, 1.807) is 0 Å². The lowest BCUT2D eigenvalue weighted by atomic mass is 10.1. The number of likely N-dealkylation sites (tertiary alicyclic amines) is 1. The van der Waals surface area contributed by atoms with E-state index in [0.29, 0.717) is 32.3 Å². The summed E-state index contributed by atoms with van der Waals surface area (Å²) in [6.45, 7) is 6.35. The predicted molar refractivity (Wildman–Crippen MR) is 75.3 cm³/mol. The highest BCUT2D eigenvalue weighted by atomic mass is 35.5. The molecule has 18 heavy (non-hydrogen) atoms. The predicted octanol–water partition coefficient (Wildman–Crippen LogP) is 0.245. The normalized spacial score (nSPS) is 20.2. The van der Waals surface area contributed by atoms with Crippen molar-refractivity contribution in [3.05, 3.63) is 0 Å². The molecule has 1 heterocycles. The number of ether oxygens (including phenoxy) is 1. The van der Waals surface area contributed by atoms with Gasteiger partial charge in [-0.3, -0.25) is 9.69 Å². The van der Waals surface area contributed by atoms with Crippen LogP contribution in [-0.2, 0) is 9.53 Å². The molecular weight excluding hydrogens is 254 g/mol. The van der Waals surface area contributed by atoms with Gasteiger partial charge >= 0.3 is 0 Å². The Morgan fingerprint density at radius 2 is 2.28 bits per heavy atom. The van der Waals surface area contributed by atoms with Gasteiger partial charge < -0.3 is 15.4 Å². The summed E-state index contributed by atoms with van der Waals surface area (Å²) < 4.78 is 5.17. The highest BCUT2D eigenvalue weighted by Crippen LogP contribution is 2.08. The maximum absolute atomic E-state index is 11.6. The number of carbonyl (C=O) groups excluding carboxylic acids is 1. The second kappa shape index (κ2) is 10.6. The fourth-order valence-electron chi connectivity index (χ4n) is 2.10. The van der Waals surface area contributed by atoms with Gasteiger partial charge in [0, 0.05) is 25.7 Å². The highest BCUT2D eigenvalue weighted by Gasteiger charge is 2.19. The van der Waals surface area contributed by atoms with Crippen molar-refractivity contribution < 1.29 is 9.53 Å². The molecule has 0 aromatic carbocycles. The lowest BCUT2D eigenvalue weighted by Gasteiger charge is -2.31. The summed E-state index contributed by atoms with van der Waals surface area (Å²) in [6.07, 6.45) is 2.37. The van der Waals surface area contributed by atoms with E-state index < -0.39 is 0 Å². The Kier molecular flexibility index (Phi) is 10.3. The molecule has 1 atom stereocenters. The van der Waals surface area contributed by atoms with Crippen molar-refractivity contribution in [2.45, 2.75) is 25.8 Å². The largest absolute Gasteiger partial charge is 0.380 e. The average Bonchev–Trinajstić information content (AvgIpc) is 2.35. The SMILES string of the molecule is CCOCCNC(=O)CN1CCCC(NC)C1.Cl. The molecule has 1 fully saturated rings. The molecule has 0 spiro atoms. The van der Waals surface area contributed by atoms with Gasteiger partial charge in [-0.15, -0.1) is 12.4 Å². The van der Waals surface area contributed by atoms with Crippen molar-refractivity contribution in [1.29, 1.82) is 0 Å². The summed E-state index contributed by atoms with van der Waals surface area (Å²) >= 11 is 0. The minimum Gasteiger partial charge on any atom is -0.380 e. The van der Waals surface area contributed by atoms with Crippen molar-refractivity contribution in [2.75, 3.05) is 46.4 Å². The number of hydrogen-bond donors (Lipinski definition) is 2. The van der Waals surface area contributed by atoms with Gasteiger partial charge in [-0.2, -0.15) is 0 Å². The van der Waals surface area contributed by atoms with Gasteiger partial charge in [0.15, 0.2) is 0 Å². The van der Waals surface area contributed by atoms with Gasteiger partial charge in [-0.25, -0.2) is 0 Å². The molecule has 0 aliphatic carbocycles. The summed E-state index contributed by atoms with van der Waals surface area (Å²) in [5.74, 6) is 0.0986. The first kappa shape index (κ1) is 17.6. The smallest absolute Gasteiger partial charge is 0.234 e. The number of likely N-dealkylation sites (N-methyl/N-ethyl adjacent to an activating group) is 1. The van der Waals surface area contributed by atoms with Gasteiger partial charge in [-0.05, 0) is 33.4 Å². The van der Waals surface area contributed by atoms with Crippen LogP contribution in [0.2, 0.25) is 0 Å². The third-order valence-electron chi connectivity index (χ3n) is 3.05. The number of piperidine rings is 1. The molecule has 0 radical (unpaired) electrons. The molecule has 6 heteroatoms. The maximum atomic E-state index is 11.6. The van der Waals surface area contributed by atoms with Gasteiger partial charge in [0.1, 0.15) is 0 Å². The van der Waals surface area contributed by atoms with E-state index in [0.717, 1.165) is 19.5 Å². The van der Waals surface area contributed by atoms with E-state index in [2.05, 4.69) is 15.5 Å². The van der Waals surface area contributed by atoms with E-state index in [-0.39, 0.29) is 18.3 Å². The Balaban J connectivity index is 0.00000289. The molecular formula is C12H26ClN3O2. The van der Waals surface area contributed by atoms with Crippen LogP contribution in [0.3, 0.4) is 0 Å². The van der Waals surface area contributed by atoms with E-state index in [1.165, 1.54) is 6.42 Å². The van der Waals surface area contributed by atoms with Crippen LogP contribution >= 0.6 is 12.4 Å². The molecule has 1 rings (SSSR count). The second-order valence-corrected chi connectivity index (χ2v) is 4.41. The topological polar surface area (TPSA) is 53.6 Å². The molecule has 0 saturated carbocycles. The van der Waals surface area contributed by atoms with E-state index >= 15 is 0 Å². The molecule has 1 unspecified atom stereocenters. The molecule has 5 nitrogen and oxygen atoms in total. The third kappa shape index (κ3) is 7.16. The Morgan fingerprint density at radius 1 is 1.50 bits per heavy atom. The van der Waals surface area contributed by atoms with Crippen LogP contribution in [0.15, 0.2) is 0 Å². The Hall–Kier alpha value is -0.360. The Morgan fingerprint density at radius 3 is 2.94 bits per heavy atom. The summed E-state index contributed by atoms with van der Waals surface area (Å²) in [5.41, 5.74) is 0.